The Morgan fingerprint density at radius 3 is 2.55 bits per heavy atom. The maximum Gasteiger partial charge on any atom is 0.251 e. The van der Waals surface area contributed by atoms with Crippen LogP contribution in [0.15, 0.2) is 42.5 Å². The summed E-state index contributed by atoms with van der Waals surface area (Å²) >= 11 is 12.3. The van der Waals surface area contributed by atoms with Gasteiger partial charge in [-0.3, -0.25) is 9.10 Å². The van der Waals surface area contributed by atoms with Crippen molar-refractivity contribution in [3.63, 3.8) is 0 Å². The number of benzene rings is 2. The van der Waals surface area contributed by atoms with Crippen molar-refractivity contribution in [3.05, 3.63) is 63.6 Å². The molecule has 1 aliphatic rings. The van der Waals surface area contributed by atoms with Crippen LogP contribution in [0.3, 0.4) is 0 Å². The van der Waals surface area contributed by atoms with Crippen LogP contribution in [-0.2, 0) is 21.3 Å². The van der Waals surface area contributed by atoms with E-state index < -0.39 is 10.0 Å². The van der Waals surface area contributed by atoms with Gasteiger partial charge in [-0.1, -0.05) is 41.4 Å². The van der Waals surface area contributed by atoms with Crippen molar-refractivity contribution >= 4 is 44.8 Å². The number of nitrogens with zero attached hydrogens (tertiary/aromatic N) is 1. The summed E-state index contributed by atoms with van der Waals surface area (Å²) in [5.41, 5.74) is 1.51. The average molecular weight is 457 g/mol. The second-order valence-electron chi connectivity index (χ2n) is 6.88. The molecule has 0 saturated carbocycles. The van der Waals surface area contributed by atoms with Crippen molar-refractivity contribution in [2.75, 3.05) is 23.7 Å². The van der Waals surface area contributed by atoms with Crippen LogP contribution in [0.25, 0.3) is 0 Å². The van der Waals surface area contributed by atoms with E-state index in [0.717, 1.165) is 25.7 Å². The van der Waals surface area contributed by atoms with Crippen molar-refractivity contribution in [2.45, 2.75) is 25.5 Å². The molecule has 1 amide bonds. The number of nitrogens with one attached hydrogen (secondary N) is 1. The Labute approximate surface area is 180 Å². The van der Waals surface area contributed by atoms with Gasteiger partial charge in [-0.15, -0.1) is 0 Å². The highest BCUT2D eigenvalue weighted by Gasteiger charge is 2.22. The largest absolute Gasteiger partial charge is 0.376 e. The Morgan fingerprint density at radius 1 is 1.21 bits per heavy atom. The third-order valence-electron chi connectivity index (χ3n) is 4.66. The van der Waals surface area contributed by atoms with Gasteiger partial charge < -0.3 is 10.1 Å². The van der Waals surface area contributed by atoms with Gasteiger partial charge >= 0.3 is 0 Å². The molecule has 0 aliphatic carbocycles. The summed E-state index contributed by atoms with van der Waals surface area (Å²) in [4.78, 5) is 12.3. The second kappa shape index (κ2) is 9.34. The third-order valence-corrected chi connectivity index (χ3v) is 6.59. The highest BCUT2D eigenvalue weighted by atomic mass is 35.5. The lowest BCUT2D eigenvalue weighted by Gasteiger charge is -2.24. The van der Waals surface area contributed by atoms with Gasteiger partial charge in [0.1, 0.15) is 0 Å². The minimum absolute atomic E-state index is 0.0662. The molecular weight excluding hydrogens is 435 g/mol. The van der Waals surface area contributed by atoms with Crippen molar-refractivity contribution in [2.24, 2.45) is 0 Å². The summed E-state index contributed by atoms with van der Waals surface area (Å²) < 4.78 is 31.4. The second-order valence-corrected chi connectivity index (χ2v) is 9.58. The summed E-state index contributed by atoms with van der Waals surface area (Å²) in [5.74, 6) is -0.190. The predicted molar refractivity (Wildman–Crippen MR) is 115 cm³/mol. The van der Waals surface area contributed by atoms with Crippen LogP contribution in [0.4, 0.5) is 5.69 Å². The van der Waals surface area contributed by atoms with Crippen LogP contribution in [0, 0.1) is 0 Å². The smallest absolute Gasteiger partial charge is 0.251 e. The molecule has 1 heterocycles. The van der Waals surface area contributed by atoms with Crippen LogP contribution in [0.1, 0.15) is 28.8 Å². The van der Waals surface area contributed by atoms with E-state index in [2.05, 4.69) is 5.32 Å². The summed E-state index contributed by atoms with van der Waals surface area (Å²) in [6, 6.07) is 11.6. The fourth-order valence-corrected chi connectivity index (χ4v) is 4.45. The van der Waals surface area contributed by atoms with Crippen LogP contribution >= 0.6 is 23.2 Å². The molecule has 1 N–H and O–H groups in total. The Balaban J connectivity index is 1.72. The number of rotatable bonds is 7. The summed E-state index contributed by atoms with van der Waals surface area (Å²) in [6.45, 7) is 1.29. The lowest BCUT2D eigenvalue weighted by atomic mass is 10.1. The van der Waals surface area contributed by atoms with E-state index in [1.54, 1.807) is 42.5 Å². The number of sulfonamides is 1. The summed E-state index contributed by atoms with van der Waals surface area (Å²) in [6.07, 6.45) is 3.15. The van der Waals surface area contributed by atoms with Gasteiger partial charge in [0.15, 0.2) is 0 Å². The van der Waals surface area contributed by atoms with Gasteiger partial charge in [-0.05, 0) is 42.7 Å². The number of carbonyl (C=O) groups is 1. The minimum atomic E-state index is -3.60. The number of anilines is 1. The molecule has 3 rings (SSSR count). The van der Waals surface area contributed by atoms with E-state index in [9.17, 15) is 13.2 Å². The molecule has 6 nitrogen and oxygen atoms in total. The Morgan fingerprint density at radius 2 is 1.93 bits per heavy atom. The monoisotopic (exact) mass is 456 g/mol. The third kappa shape index (κ3) is 5.63. The van der Waals surface area contributed by atoms with E-state index in [1.165, 1.54) is 4.31 Å². The molecule has 0 unspecified atom stereocenters. The SMILES string of the molecule is CS(=O)(=O)N(Cc1ccc(C(=O)NC[C@H]2CCCO2)cc1)c1cccc(Cl)c1Cl. The van der Waals surface area contributed by atoms with Crippen molar-refractivity contribution in [3.8, 4) is 0 Å². The minimum Gasteiger partial charge on any atom is -0.376 e. The Bertz CT molecular complexity index is 974. The molecule has 156 valence electrons. The zero-order valence-electron chi connectivity index (χ0n) is 15.9. The first-order valence-electron chi connectivity index (χ1n) is 9.16. The molecule has 1 saturated heterocycles. The molecule has 1 atom stereocenters. The lowest BCUT2D eigenvalue weighted by Crippen LogP contribution is -2.32. The van der Waals surface area contributed by atoms with Gasteiger partial charge in [0.05, 0.1) is 34.6 Å². The predicted octanol–water partition coefficient (Wildman–Crippen LogP) is 3.87. The van der Waals surface area contributed by atoms with Gasteiger partial charge in [0, 0.05) is 18.7 Å². The highest BCUT2D eigenvalue weighted by molar-refractivity contribution is 7.92. The first-order chi connectivity index (χ1) is 13.8. The Hall–Kier alpha value is -1.80. The van der Waals surface area contributed by atoms with Crippen LogP contribution in [0.5, 0.6) is 0 Å². The zero-order chi connectivity index (χ0) is 21.0. The van der Waals surface area contributed by atoms with Gasteiger partial charge in [0.2, 0.25) is 10.0 Å². The zero-order valence-corrected chi connectivity index (χ0v) is 18.2. The molecule has 0 aromatic heterocycles. The van der Waals surface area contributed by atoms with E-state index in [1.807, 2.05) is 0 Å². The van der Waals surface area contributed by atoms with Gasteiger partial charge in [-0.25, -0.2) is 8.42 Å². The van der Waals surface area contributed by atoms with Crippen LogP contribution in [0.2, 0.25) is 10.0 Å². The van der Waals surface area contributed by atoms with Crippen molar-refractivity contribution in [1.29, 1.82) is 0 Å². The molecule has 1 aliphatic heterocycles. The molecule has 2 aromatic carbocycles. The molecule has 2 aromatic rings. The highest BCUT2D eigenvalue weighted by Crippen LogP contribution is 2.34. The van der Waals surface area contributed by atoms with Crippen molar-refractivity contribution < 1.29 is 17.9 Å². The van der Waals surface area contributed by atoms with Crippen molar-refractivity contribution in [1.82, 2.24) is 5.32 Å². The molecule has 0 spiro atoms. The molecular formula is C20H22Cl2N2O4S. The molecule has 0 radical (unpaired) electrons. The standard InChI is InChI=1S/C20H22Cl2N2O4S/c1-29(26,27)24(18-6-2-5-17(21)19(18)22)13-14-7-9-15(10-8-14)20(25)23-12-16-4-3-11-28-16/h2,5-10,16H,3-4,11-13H2,1H3,(H,23,25)/t16-/m1/s1. The molecule has 1 fully saturated rings. The number of carbonyl (C=O) groups excluding carboxylic acids is 1. The van der Waals surface area contributed by atoms with E-state index in [0.29, 0.717) is 23.4 Å². The number of hydrogen-bond acceptors (Lipinski definition) is 4. The molecule has 9 heteroatoms. The number of amides is 1. The quantitative estimate of drug-likeness (QED) is 0.685. The van der Waals surface area contributed by atoms with Crippen LogP contribution < -0.4 is 9.62 Å². The summed E-state index contributed by atoms with van der Waals surface area (Å²) in [5, 5.41) is 3.31. The van der Waals surface area contributed by atoms with E-state index >= 15 is 0 Å². The fraction of sp³-hybridized carbons (Fsp3) is 0.350. The van der Waals surface area contributed by atoms with Gasteiger partial charge in [0.25, 0.3) is 5.91 Å². The van der Waals surface area contributed by atoms with E-state index in [4.69, 9.17) is 27.9 Å². The van der Waals surface area contributed by atoms with Gasteiger partial charge in [-0.2, -0.15) is 0 Å². The van der Waals surface area contributed by atoms with E-state index in [-0.39, 0.29) is 28.6 Å². The first-order valence-corrected chi connectivity index (χ1v) is 11.8. The maximum absolute atomic E-state index is 12.3. The fourth-order valence-electron chi connectivity index (χ4n) is 3.11. The van der Waals surface area contributed by atoms with Crippen LogP contribution in [-0.4, -0.2) is 39.8 Å². The Kier molecular flexibility index (Phi) is 7.05. The maximum atomic E-state index is 12.3. The number of ether oxygens (including phenoxy) is 1. The molecule has 0 bridgehead atoms. The first kappa shape index (κ1) is 21.9. The molecule has 29 heavy (non-hydrogen) atoms. The average Bonchev–Trinajstić information content (AvgIpc) is 3.20. The number of halogens is 2. The topological polar surface area (TPSA) is 75.7 Å². The normalized spacial score (nSPS) is 16.6. The lowest BCUT2D eigenvalue weighted by molar-refractivity contribution is 0.0858. The number of hydrogen-bond donors (Lipinski definition) is 1. The summed E-state index contributed by atoms with van der Waals surface area (Å²) in [7, 11) is -3.60.